The molecule has 0 aliphatic heterocycles. The summed E-state index contributed by atoms with van der Waals surface area (Å²) in [5, 5.41) is 0. The summed E-state index contributed by atoms with van der Waals surface area (Å²) in [6, 6.07) is 5.39. The van der Waals surface area contributed by atoms with E-state index in [4.69, 9.17) is 10.5 Å². The predicted octanol–water partition coefficient (Wildman–Crippen LogP) is 0.711. The van der Waals surface area contributed by atoms with Gasteiger partial charge in [0.25, 0.3) is 0 Å². The Morgan fingerprint density at radius 3 is 2.55 bits per heavy atom. The standard InChI is InChI=1S/C14H21N3O3/c1-14(2,3)20-13(19)10-17(12(18)8-15)9-11-6-4-5-7-16-11/h4-7H,8-10,15H2,1-3H3. The molecule has 0 radical (unpaired) electrons. The maximum atomic E-state index is 11.8. The summed E-state index contributed by atoms with van der Waals surface area (Å²) in [7, 11) is 0. The molecule has 1 aromatic rings. The zero-order chi connectivity index (χ0) is 15.2. The van der Waals surface area contributed by atoms with Crippen LogP contribution in [0.1, 0.15) is 26.5 Å². The number of carbonyl (C=O) groups excluding carboxylic acids is 2. The van der Waals surface area contributed by atoms with Gasteiger partial charge in [-0.25, -0.2) is 0 Å². The number of nitrogens with two attached hydrogens (primary N) is 1. The van der Waals surface area contributed by atoms with E-state index in [1.54, 1.807) is 39.1 Å². The first-order chi connectivity index (χ1) is 9.31. The Kier molecular flexibility index (Phi) is 5.64. The number of pyridine rings is 1. The van der Waals surface area contributed by atoms with Gasteiger partial charge >= 0.3 is 5.97 Å². The van der Waals surface area contributed by atoms with Gasteiger partial charge in [0.05, 0.1) is 18.8 Å². The van der Waals surface area contributed by atoms with Crippen LogP contribution in [0.3, 0.4) is 0 Å². The molecule has 0 unspecified atom stereocenters. The maximum Gasteiger partial charge on any atom is 0.326 e. The number of rotatable bonds is 5. The molecule has 6 nitrogen and oxygen atoms in total. The predicted molar refractivity (Wildman–Crippen MR) is 74.6 cm³/mol. The molecule has 1 amide bonds. The molecule has 0 fully saturated rings. The largest absolute Gasteiger partial charge is 0.459 e. The Hall–Kier alpha value is -1.95. The molecular formula is C14H21N3O3. The molecule has 0 aromatic carbocycles. The topological polar surface area (TPSA) is 85.5 Å². The fourth-order valence-corrected chi connectivity index (χ4v) is 1.58. The van der Waals surface area contributed by atoms with Gasteiger partial charge in [0, 0.05) is 6.20 Å². The quantitative estimate of drug-likeness (QED) is 0.802. The second-order valence-electron chi connectivity index (χ2n) is 5.36. The number of carbonyl (C=O) groups is 2. The van der Waals surface area contributed by atoms with Crippen LogP contribution in [0, 0.1) is 0 Å². The smallest absolute Gasteiger partial charge is 0.326 e. The van der Waals surface area contributed by atoms with Crippen molar-refractivity contribution >= 4 is 11.9 Å². The van der Waals surface area contributed by atoms with E-state index in [0.717, 1.165) is 0 Å². The molecule has 6 heteroatoms. The minimum Gasteiger partial charge on any atom is -0.459 e. The SMILES string of the molecule is CC(C)(C)OC(=O)CN(Cc1ccccn1)C(=O)CN. The van der Waals surface area contributed by atoms with Gasteiger partial charge in [-0.05, 0) is 32.9 Å². The van der Waals surface area contributed by atoms with Gasteiger partial charge in [0.2, 0.25) is 5.91 Å². The van der Waals surface area contributed by atoms with Gasteiger partial charge in [0.1, 0.15) is 12.1 Å². The minimum atomic E-state index is -0.584. The number of amides is 1. The Morgan fingerprint density at radius 2 is 2.05 bits per heavy atom. The highest BCUT2D eigenvalue weighted by Gasteiger charge is 2.21. The van der Waals surface area contributed by atoms with Crippen LogP contribution in [0.4, 0.5) is 0 Å². The minimum absolute atomic E-state index is 0.135. The molecule has 0 aliphatic carbocycles. The molecule has 1 aromatic heterocycles. The lowest BCUT2D eigenvalue weighted by Gasteiger charge is -2.24. The first-order valence-electron chi connectivity index (χ1n) is 6.41. The van der Waals surface area contributed by atoms with E-state index in [1.807, 2.05) is 6.07 Å². The van der Waals surface area contributed by atoms with Crippen LogP contribution < -0.4 is 5.73 Å². The van der Waals surface area contributed by atoms with Crippen molar-refractivity contribution in [2.75, 3.05) is 13.1 Å². The molecule has 2 N–H and O–H groups in total. The fraction of sp³-hybridized carbons (Fsp3) is 0.500. The average Bonchev–Trinajstić information content (AvgIpc) is 2.36. The van der Waals surface area contributed by atoms with E-state index in [9.17, 15) is 9.59 Å². The highest BCUT2D eigenvalue weighted by atomic mass is 16.6. The van der Waals surface area contributed by atoms with Crippen LogP contribution in [0.25, 0.3) is 0 Å². The van der Waals surface area contributed by atoms with Gasteiger partial charge in [-0.1, -0.05) is 6.07 Å². The fourth-order valence-electron chi connectivity index (χ4n) is 1.58. The lowest BCUT2D eigenvalue weighted by atomic mass is 10.2. The third-order valence-corrected chi connectivity index (χ3v) is 2.35. The van der Waals surface area contributed by atoms with Crippen LogP contribution in [-0.4, -0.2) is 40.5 Å². The highest BCUT2D eigenvalue weighted by Crippen LogP contribution is 2.08. The summed E-state index contributed by atoms with van der Waals surface area (Å²) in [5.41, 5.74) is 5.47. The number of hydrogen-bond donors (Lipinski definition) is 1. The average molecular weight is 279 g/mol. The third-order valence-electron chi connectivity index (χ3n) is 2.35. The van der Waals surface area contributed by atoms with Crippen molar-refractivity contribution in [1.82, 2.24) is 9.88 Å². The molecule has 1 rings (SSSR count). The summed E-state index contributed by atoms with van der Waals surface area (Å²) in [5.74, 6) is -0.781. The Bertz CT molecular complexity index is 454. The second-order valence-corrected chi connectivity index (χ2v) is 5.36. The maximum absolute atomic E-state index is 11.8. The molecule has 20 heavy (non-hydrogen) atoms. The van der Waals surface area contributed by atoms with E-state index >= 15 is 0 Å². The number of ether oxygens (including phenoxy) is 1. The Labute approximate surface area is 118 Å². The first-order valence-corrected chi connectivity index (χ1v) is 6.41. The lowest BCUT2D eigenvalue weighted by molar-refractivity contribution is -0.159. The van der Waals surface area contributed by atoms with E-state index in [-0.39, 0.29) is 25.5 Å². The lowest BCUT2D eigenvalue weighted by Crippen LogP contribution is -2.41. The molecule has 0 aliphatic rings. The number of hydrogen-bond acceptors (Lipinski definition) is 5. The monoisotopic (exact) mass is 279 g/mol. The molecule has 0 saturated heterocycles. The summed E-state index contributed by atoms with van der Waals surface area (Å²) in [6.07, 6.45) is 1.63. The highest BCUT2D eigenvalue weighted by molar-refractivity contribution is 5.83. The molecule has 1 heterocycles. The molecule has 0 spiro atoms. The van der Waals surface area contributed by atoms with Crippen molar-refractivity contribution in [3.05, 3.63) is 30.1 Å². The Balaban J connectivity index is 2.70. The Morgan fingerprint density at radius 1 is 1.35 bits per heavy atom. The van der Waals surface area contributed by atoms with E-state index in [0.29, 0.717) is 5.69 Å². The van der Waals surface area contributed by atoms with Gasteiger partial charge < -0.3 is 15.4 Å². The van der Waals surface area contributed by atoms with Crippen molar-refractivity contribution < 1.29 is 14.3 Å². The molecular weight excluding hydrogens is 258 g/mol. The second kappa shape index (κ2) is 7.00. The van der Waals surface area contributed by atoms with Gasteiger partial charge in [-0.3, -0.25) is 14.6 Å². The summed E-state index contributed by atoms with van der Waals surface area (Å²) < 4.78 is 5.21. The zero-order valence-electron chi connectivity index (χ0n) is 12.1. The van der Waals surface area contributed by atoms with E-state index in [2.05, 4.69) is 4.98 Å². The van der Waals surface area contributed by atoms with Gasteiger partial charge in [-0.15, -0.1) is 0 Å². The van der Waals surface area contributed by atoms with Crippen LogP contribution in [0.2, 0.25) is 0 Å². The van der Waals surface area contributed by atoms with Gasteiger partial charge in [-0.2, -0.15) is 0 Å². The summed E-state index contributed by atoms with van der Waals surface area (Å²) in [6.45, 7) is 5.27. The van der Waals surface area contributed by atoms with Crippen LogP contribution in [0.5, 0.6) is 0 Å². The van der Waals surface area contributed by atoms with E-state index < -0.39 is 11.6 Å². The molecule has 110 valence electrons. The van der Waals surface area contributed by atoms with Crippen molar-refractivity contribution in [2.45, 2.75) is 32.9 Å². The van der Waals surface area contributed by atoms with Crippen molar-refractivity contribution in [3.8, 4) is 0 Å². The van der Waals surface area contributed by atoms with Crippen molar-refractivity contribution in [1.29, 1.82) is 0 Å². The first kappa shape index (κ1) is 16.1. The molecule has 0 saturated carbocycles. The molecule has 0 bridgehead atoms. The summed E-state index contributed by atoms with van der Waals surface area (Å²) >= 11 is 0. The third kappa shape index (κ3) is 5.79. The van der Waals surface area contributed by atoms with Crippen molar-refractivity contribution in [2.24, 2.45) is 5.73 Å². The number of nitrogens with zero attached hydrogens (tertiary/aromatic N) is 2. The number of aromatic nitrogens is 1. The van der Waals surface area contributed by atoms with Crippen LogP contribution >= 0.6 is 0 Å². The van der Waals surface area contributed by atoms with Crippen molar-refractivity contribution in [3.63, 3.8) is 0 Å². The van der Waals surface area contributed by atoms with Gasteiger partial charge in [0.15, 0.2) is 0 Å². The summed E-state index contributed by atoms with van der Waals surface area (Å²) in [4.78, 5) is 29.1. The zero-order valence-corrected chi connectivity index (χ0v) is 12.1. The van der Waals surface area contributed by atoms with Crippen LogP contribution in [-0.2, 0) is 20.9 Å². The van der Waals surface area contributed by atoms with E-state index in [1.165, 1.54) is 4.90 Å². The molecule has 0 atom stereocenters. The van der Waals surface area contributed by atoms with Crippen LogP contribution in [0.15, 0.2) is 24.4 Å². The normalized spacial score (nSPS) is 11.0. The number of esters is 1.